The highest BCUT2D eigenvalue weighted by Crippen LogP contribution is 2.14. The van der Waals surface area contributed by atoms with Crippen LogP contribution in [0.5, 0.6) is 11.5 Å². The van der Waals surface area contributed by atoms with Crippen LogP contribution in [0.4, 0.5) is 0 Å². The van der Waals surface area contributed by atoms with E-state index in [1.807, 2.05) is 0 Å². The van der Waals surface area contributed by atoms with E-state index < -0.39 is 60.2 Å². The maximum Gasteiger partial charge on any atom is 0.326 e. The number of nitrogens with one attached hydrogen (secondary N) is 3. The zero-order valence-electron chi connectivity index (χ0n) is 20.6. The van der Waals surface area contributed by atoms with Crippen molar-refractivity contribution in [3.63, 3.8) is 0 Å². The van der Waals surface area contributed by atoms with E-state index in [-0.39, 0.29) is 30.1 Å². The van der Waals surface area contributed by atoms with Crippen LogP contribution in [0.25, 0.3) is 0 Å². The molecule has 0 aliphatic rings. The molecule has 0 aromatic heterocycles. The van der Waals surface area contributed by atoms with E-state index >= 15 is 0 Å². The summed E-state index contributed by atoms with van der Waals surface area (Å²) in [5.74, 6) is -5.64. The molecule has 0 saturated carbocycles. The fourth-order valence-corrected chi connectivity index (χ4v) is 3.60. The normalized spacial score (nSPS) is 13.8. The molecule has 9 N–H and O–H groups in total. The predicted molar refractivity (Wildman–Crippen MR) is 141 cm³/mol. The van der Waals surface area contributed by atoms with E-state index in [1.165, 1.54) is 48.5 Å². The lowest BCUT2D eigenvalue weighted by Crippen LogP contribution is -2.58. The van der Waals surface area contributed by atoms with Crippen molar-refractivity contribution in [3.8, 4) is 11.5 Å². The SMILES string of the molecule is NC(CS)C(=O)NC(CC(=O)O)C(=O)NC(Cc1ccc(O)cc1)C(=O)NC(Cc1ccc(O)cc1)C(=O)O. The number of phenols is 2. The zero-order valence-corrected chi connectivity index (χ0v) is 21.5. The molecule has 0 bridgehead atoms. The average Bonchev–Trinajstić information content (AvgIpc) is 2.88. The minimum Gasteiger partial charge on any atom is -0.508 e. The number of nitrogens with two attached hydrogens (primary N) is 1. The predicted octanol–water partition coefficient (Wildman–Crippen LogP) is -0.846. The molecule has 2 aromatic carbocycles. The summed E-state index contributed by atoms with van der Waals surface area (Å²) in [5, 5.41) is 44.9. The molecule has 14 heteroatoms. The number of aromatic hydroxyl groups is 2. The summed E-state index contributed by atoms with van der Waals surface area (Å²) >= 11 is 3.90. The number of phenolic OH excluding ortho intramolecular Hbond substituents is 2. The van der Waals surface area contributed by atoms with Crippen molar-refractivity contribution in [1.82, 2.24) is 16.0 Å². The van der Waals surface area contributed by atoms with Crippen LogP contribution in [0, 0.1) is 0 Å². The summed E-state index contributed by atoms with van der Waals surface area (Å²) in [5.41, 5.74) is 6.58. The maximum absolute atomic E-state index is 13.2. The van der Waals surface area contributed by atoms with E-state index in [1.54, 1.807) is 0 Å². The summed E-state index contributed by atoms with van der Waals surface area (Å²) in [6.45, 7) is 0. The van der Waals surface area contributed by atoms with Gasteiger partial charge in [-0.25, -0.2) is 4.79 Å². The van der Waals surface area contributed by atoms with Gasteiger partial charge in [0.1, 0.15) is 29.6 Å². The number of carbonyl (C=O) groups is 5. The lowest BCUT2D eigenvalue weighted by atomic mass is 10.0. The van der Waals surface area contributed by atoms with Crippen LogP contribution >= 0.6 is 12.6 Å². The van der Waals surface area contributed by atoms with Crippen LogP contribution in [0.2, 0.25) is 0 Å². The number of amides is 3. The van der Waals surface area contributed by atoms with E-state index in [2.05, 4.69) is 28.6 Å². The minimum atomic E-state index is -1.59. The van der Waals surface area contributed by atoms with Crippen LogP contribution in [0.3, 0.4) is 0 Å². The number of aliphatic carboxylic acids is 2. The third-order valence-corrected chi connectivity index (χ3v) is 5.94. The van der Waals surface area contributed by atoms with E-state index in [0.29, 0.717) is 11.1 Å². The molecule has 13 nitrogen and oxygen atoms in total. The molecule has 0 aliphatic heterocycles. The van der Waals surface area contributed by atoms with Gasteiger partial charge in [0.2, 0.25) is 17.7 Å². The van der Waals surface area contributed by atoms with Gasteiger partial charge in [0, 0.05) is 18.6 Å². The average molecular weight is 563 g/mol. The first kappa shape index (κ1) is 30.9. The minimum absolute atomic E-state index is 0.0235. The Hall–Kier alpha value is -4.30. The van der Waals surface area contributed by atoms with Gasteiger partial charge in [0.05, 0.1) is 12.5 Å². The van der Waals surface area contributed by atoms with Crippen molar-refractivity contribution < 1.29 is 44.4 Å². The van der Waals surface area contributed by atoms with Gasteiger partial charge >= 0.3 is 11.9 Å². The molecule has 2 rings (SSSR count). The monoisotopic (exact) mass is 562 g/mol. The van der Waals surface area contributed by atoms with E-state index in [0.717, 1.165) is 0 Å². The number of carbonyl (C=O) groups excluding carboxylic acids is 3. The second-order valence-corrected chi connectivity index (χ2v) is 9.01. The van der Waals surface area contributed by atoms with Crippen molar-refractivity contribution in [2.45, 2.75) is 43.4 Å². The highest BCUT2D eigenvalue weighted by Gasteiger charge is 2.31. The number of hydrogen-bond acceptors (Lipinski definition) is 9. The molecule has 0 saturated heterocycles. The number of thiol groups is 1. The Morgan fingerprint density at radius 1 is 0.692 bits per heavy atom. The Labute approximate surface area is 228 Å². The standard InChI is InChI=1S/C25H30N4O9S/c26-17(12-39)22(34)27-19(11-21(32)33)24(36)28-18(9-13-1-5-15(30)6-2-13)23(35)29-20(25(37)38)10-14-3-7-16(31)8-4-14/h1-8,17-20,30-31,39H,9-12,26H2,(H,27,34)(H,28,36)(H,29,35)(H,32,33)(H,37,38). The molecule has 0 aliphatic carbocycles. The van der Waals surface area contributed by atoms with Crippen LogP contribution < -0.4 is 21.7 Å². The van der Waals surface area contributed by atoms with Crippen LogP contribution in [0.15, 0.2) is 48.5 Å². The molecular formula is C25H30N4O9S. The number of carboxylic acid groups (broad SMARTS) is 2. The first-order valence-corrected chi connectivity index (χ1v) is 12.3. The number of carboxylic acids is 2. The van der Waals surface area contributed by atoms with Gasteiger partial charge in [-0.05, 0) is 35.4 Å². The summed E-state index contributed by atoms with van der Waals surface area (Å²) in [6, 6.07) is 5.84. The third-order valence-electron chi connectivity index (χ3n) is 5.55. The van der Waals surface area contributed by atoms with Crippen molar-refractivity contribution in [1.29, 1.82) is 0 Å². The number of benzene rings is 2. The Balaban J connectivity index is 2.28. The molecule has 0 heterocycles. The Morgan fingerprint density at radius 2 is 1.10 bits per heavy atom. The Morgan fingerprint density at radius 3 is 1.54 bits per heavy atom. The van der Waals surface area contributed by atoms with Crippen LogP contribution in [0.1, 0.15) is 17.5 Å². The van der Waals surface area contributed by atoms with Gasteiger partial charge in [-0.1, -0.05) is 24.3 Å². The maximum atomic E-state index is 13.2. The van der Waals surface area contributed by atoms with E-state index in [9.17, 15) is 44.4 Å². The number of rotatable bonds is 14. The van der Waals surface area contributed by atoms with Crippen LogP contribution in [-0.2, 0) is 36.8 Å². The Kier molecular flexibility index (Phi) is 11.6. The van der Waals surface area contributed by atoms with Crippen molar-refractivity contribution in [3.05, 3.63) is 59.7 Å². The van der Waals surface area contributed by atoms with E-state index in [4.69, 9.17) is 5.73 Å². The smallest absolute Gasteiger partial charge is 0.326 e. The lowest BCUT2D eigenvalue weighted by molar-refractivity contribution is -0.143. The van der Waals surface area contributed by atoms with Gasteiger partial charge < -0.3 is 42.1 Å². The number of hydrogen-bond donors (Lipinski definition) is 9. The fraction of sp³-hybridized carbons (Fsp3) is 0.320. The first-order chi connectivity index (χ1) is 18.4. The first-order valence-electron chi connectivity index (χ1n) is 11.7. The third kappa shape index (κ3) is 10.2. The summed E-state index contributed by atoms with van der Waals surface area (Å²) in [7, 11) is 0. The Bertz CT molecular complexity index is 1180. The lowest BCUT2D eigenvalue weighted by Gasteiger charge is -2.25. The largest absolute Gasteiger partial charge is 0.508 e. The van der Waals surface area contributed by atoms with Gasteiger partial charge in [0.15, 0.2) is 0 Å². The van der Waals surface area contributed by atoms with Crippen molar-refractivity contribution in [2.75, 3.05) is 5.75 Å². The van der Waals surface area contributed by atoms with Crippen LogP contribution in [-0.4, -0.2) is 80.0 Å². The molecule has 4 atom stereocenters. The highest BCUT2D eigenvalue weighted by atomic mass is 32.1. The molecule has 210 valence electrons. The summed E-state index contributed by atoms with van der Waals surface area (Å²) in [4.78, 5) is 61.6. The molecule has 4 unspecified atom stereocenters. The van der Waals surface area contributed by atoms with Crippen molar-refractivity contribution >= 4 is 42.3 Å². The van der Waals surface area contributed by atoms with Crippen molar-refractivity contribution in [2.24, 2.45) is 5.73 Å². The van der Waals surface area contributed by atoms with Gasteiger partial charge in [-0.3, -0.25) is 19.2 Å². The highest BCUT2D eigenvalue weighted by molar-refractivity contribution is 7.80. The molecule has 2 aromatic rings. The summed E-state index contributed by atoms with van der Waals surface area (Å²) in [6.07, 6.45) is -1.11. The second-order valence-electron chi connectivity index (χ2n) is 8.65. The fourth-order valence-electron chi connectivity index (χ4n) is 3.44. The second kappa shape index (κ2) is 14.6. The molecular weight excluding hydrogens is 532 g/mol. The van der Waals surface area contributed by atoms with Gasteiger partial charge in [-0.2, -0.15) is 12.6 Å². The quantitative estimate of drug-likeness (QED) is 0.130. The molecule has 0 spiro atoms. The topological polar surface area (TPSA) is 228 Å². The molecule has 0 radical (unpaired) electrons. The van der Waals surface area contributed by atoms with Gasteiger partial charge in [-0.15, -0.1) is 0 Å². The summed E-state index contributed by atoms with van der Waals surface area (Å²) < 4.78 is 0. The molecule has 39 heavy (non-hydrogen) atoms. The molecule has 3 amide bonds. The molecule has 0 fully saturated rings. The zero-order chi connectivity index (χ0) is 29.1. The van der Waals surface area contributed by atoms with Gasteiger partial charge in [0.25, 0.3) is 0 Å².